The number of nitrogen functional groups attached to an aromatic ring is 1. The van der Waals surface area contributed by atoms with E-state index in [1.807, 2.05) is 0 Å². The van der Waals surface area contributed by atoms with E-state index in [2.05, 4.69) is 40.7 Å². The molecule has 1 fully saturated rings. The molecule has 0 aliphatic carbocycles. The van der Waals surface area contributed by atoms with Gasteiger partial charge >= 0.3 is 5.97 Å². The van der Waals surface area contributed by atoms with Crippen LogP contribution in [0.3, 0.4) is 0 Å². The van der Waals surface area contributed by atoms with E-state index in [4.69, 9.17) is 19.9 Å². The number of carbonyl (C=O) groups is 2. The van der Waals surface area contributed by atoms with Gasteiger partial charge in [-0.3, -0.25) is 14.5 Å². The average molecular weight is 485 g/mol. The van der Waals surface area contributed by atoms with Gasteiger partial charge in [-0.05, 0) is 34.1 Å². The summed E-state index contributed by atoms with van der Waals surface area (Å²) in [6.45, 7) is 4.19. The maximum Gasteiger partial charge on any atom is 0.308 e. The molecule has 35 heavy (non-hydrogen) atoms. The van der Waals surface area contributed by atoms with E-state index in [1.165, 1.54) is 20.2 Å². The molecule has 0 bridgehead atoms. The molecule has 1 amide bonds. The lowest BCUT2D eigenvalue weighted by atomic mass is 10.2. The van der Waals surface area contributed by atoms with E-state index in [9.17, 15) is 9.59 Å². The van der Waals surface area contributed by atoms with Crippen molar-refractivity contribution in [3.8, 4) is 17.3 Å². The van der Waals surface area contributed by atoms with Crippen molar-refractivity contribution < 1.29 is 28.4 Å². The van der Waals surface area contributed by atoms with Gasteiger partial charge in [0.05, 0.1) is 26.5 Å². The van der Waals surface area contributed by atoms with Gasteiger partial charge in [-0.2, -0.15) is 9.78 Å². The van der Waals surface area contributed by atoms with Crippen LogP contribution in [0, 0.1) is 0 Å². The summed E-state index contributed by atoms with van der Waals surface area (Å²) in [4.78, 5) is 26.4. The van der Waals surface area contributed by atoms with Gasteiger partial charge < -0.3 is 19.9 Å². The second-order valence-corrected chi connectivity index (χ2v) is 7.36. The van der Waals surface area contributed by atoms with Crippen LogP contribution in [0.15, 0.2) is 27.9 Å². The minimum Gasteiger partial charge on any atom is -0.493 e. The number of ether oxygens (including phenoxy) is 3. The van der Waals surface area contributed by atoms with Gasteiger partial charge in [0.2, 0.25) is 11.6 Å². The summed E-state index contributed by atoms with van der Waals surface area (Å²) < 4.78 is 21.5. The normalized spacial score (nSPS) is 14.2. The standard InChI is InChI=1S/C20H23N9O6/c1-12(30)34-15-4-3-13(9-16(15)32-2)10-22-24-20(31)17-14(11-28-5-7-33-8-6-28)23-27-29(17)19-18(21)25-35-26-19/h3-4,9-10H,5-8,11H2,1-2H3,(H2,21,25)(H,24,31)/b22-10+. The van der Waals surface area contributed by atoms with Crippen molar-refractivity contribution in [1.29, 1.82) is 0 Å². The zero-order valence-electron chi connectivity index (χ0n) is 19.0. The number of morpholine rings is 1. The number of nitrogens with zero attached hydrogens (tertiary/aromatic N) is 7. The summed E-state index contributed by atoms with van der Waals surface area (Å²) in [5, 5.41) is 19.4. The third-order valence-electron chi connectivity index (χ3n) is 4.95. The molecule has 3 heterocycles. The van der Waals surface area contributed by atoms with Crippen LogP contribution in [0.5, 0.6) is 11.5 Å². The van der Waals surface area contributed by atoms with Crippen molar-refractivity contribution in [2.45, 2.75) is 13.5 Å². The summed E-state index contributed by atoms with van der Waals surface area (Å²) in [6.07, 6.45) is 1.40. The molecule has 1 aliphatic heterocycles. The number of hydrazone groups is 1. The van der Waals surface area contributed by atoms with Crippen molar-refractivity contribution in [2.75, 3.05) is 39.1 Å². The van der Waals surface area contributed by atoms with Crippen LogP contribution in [-0.2, 0) is 16.1 Å². The van der Waals surface area contributed by atoms with Crippen molar-refractivity contribution in [2.24, 2.45) is 5.10 Å². The van der Waals surface area contributed by atoms with E-state index >= 15 is 0 Å². The molecular formula is C20H23N9O6. The number of esters is 1. The maximum absolute atomic E-state index is 13.1. The Morgan fingerprint density at radius 3 is 2.74 bits per heavy atom. The second kappa shape index (κ2) is 10.7. The summed E-state index contributed by atoms with van der Waals surface area (Å²) in [6, 6.07) is 4.81. The van der Waals surface area contributed by atoms with E-state index in [1.54, 1.807) is 18.2 Å². The molecule has 1 aromatic carbocycles. The van der Waals surface area contributed by atoms with E-state index in [0.717, 1.165) is 4.68 Å². The van der Waals surface area contributed by atoms with Crippen LogP contribution >= 0.6 is 0 Å². The van der Waals surface area contributed by atoms with Crippen molar-refractivity contribution in [3.05, 3.63) is 35.2 Å². The predicted molar refractivity (Wildman–Crippen MR) is 119 cm³/mol. The number of rotatable bonds is 8. The number of methoxy groups -OCH3 is 1. The number of carbonyl (C=O) groups excluding carboxylic acids is 2. The first-order valence-electron chi connectivity index (χ1n) is 10.5. The zero-order valence-corrected chi connectivity index (χ0v) is 19.0. The van der Waals surface area contributed by atoms with E-state index in [0.29, 0.717) is 49.9 Å². The number of amides is 1. The SMILES string of the molecule is COc1cc(/C=N/NC(=O)c2c(CN3CCOCC3)nnn2-c2nonc2N)ccc1OC(C)=O. The Morgan fingerprint density at radius 1 is 1.26 bits per heavy atom. The maximum atomic E-state index is 13.1. The highest BCUT2D eigenvalue weighted by atomic mass is 16.6. The van der Waals surface area contributed by atoms with Crippen molar-refractivity contribution in [1.82, 2.24) is 35.6 Å². The Bertz CT molecular complexity index is 1230. The molecule has 1 aliphatic rings. The monoisotopic (exact) mass is 485 g/mol. The first-order valence-corrected chi connectivity index (χ1v) is 10.5. The molecule has 0 unspecified atom stereocenters. The smallest absolute Gasteiger partial charge is 0.308 e. The molecular weight excluding hydrogens is 462 g/mol. The highest BCUT2D eigenvalue weighted by Crippen LogP contribution is 2.27. The van der Waals surface area contributed by atoms with Gasteiger partial charge in [0.25, 0.3) is 5.91 Å². The first kappa shape index (κ1) is 23.8. The topological polar surface area (TPSA) is 185 Å². The van der Waals surface area contributed by atoms with Gasteiger partial charge in [-0.1, -0.05) is 5.21 Å². The fourth-order valence-electron chi connectivity index (χ4n) is 3.33. The first-order chi connectivity index (χ1) is 17.0. The van der Waals surface area contributed by atoms with Crippen LogP contribution in [0.1, 0.15) is 28.7 Å². The number of nitrogens with one attached hydrogen (secondary N) is 1. The Morgan fingerprint density at radius 2 is 2.06 bits per heavy atom. The van der Waals surface area contributed by atoms with E-state index < -0.39 is 11.9 Å². The third-order valence-corrected chi connectivity index (χ3v) is 4.95. The molecule has 3 aromatic rings. The molecule has 4 rings (SSSR count). The minimum absolute atomic E-state index is 0.0330. The molecule has 1 saturated heterocycles. The van der Waals surface area contributed by atoms with Crippen LogP contribution in [0.2, 0.25) is 0 Å². The average Bonchev–Trinajstić information content (AvgIpc) is 3.45. The molecule has 15 nitrogen and oxygen atoms in total. The molecule has 0 spiro atoms. The number of aromatic nitrogens is 5. The minimum atomic E-state index is -0.597. The lowest BCUT2D eigenvalue weighted by Crippen LogP contribution is -2.36. The summed E-state index contributed by atoms with van der Waals surface area (Å²) >= 11 is 0. The molecule has 3 N–H and O–H groups in total. The van der Waals surface area contributed by atoms with Crippen LogP contribution < -0.4 is 20.6 Å². The number of anilines is 1. The predicted octanol–water partition coefficient (Wildman–Crippen LogP) is -0.237. The Hall–Kier alpha value is -4.37. The molecule has 184 valence electrons. The van der Waals surface area contributed by atoms with Crippen LogP contribution in [-0.4, -0.2) is 81.7 Å². The third kappa shape index (κ3) is 5.59. The highest BCUT2D eigenvalue weighted by molar-refractivity contribution is 5.95. The van der Waals surface area contributed by atoms with Crippen molar-refractivity contribution in [3.63, 3.8) is 0 Å². The van der Waals surface area contributed by atoms with Gasteiger partial charge in [-0.25, -0.2) is 10.1 Å². The fourth-order valence-corrected chi connectivity index (χ4v) is 3.33. The number of benzene rings is 1. The summed E-state index contributed by atoms with van der Waals surface area (Å²) in [5.74, 6) is -0.489. The van der Waals surface area contributed by atoms with Crippen LogP contribution in [0.25, 0.3) is 5.82 Å². The summed E-state index contributed by atoms with van der Waals surface area (Å²) in [7, 11) is 1.44. The zero-order chi connectivity index (χ0) is 24.8. The second-order valence-electron chi connectivity index (χ2n) is 7.36. The highest BCUT2D eigenvalue weighted by Gasteiger charge is 2.26. The van der Waals surface area contributed by atoms with Gasteiger partial charge in [0.15, 0.2) is 17.2 Å². The Kier molecular flexibility index (Phi) is 7.27. The fraction of sp³-hybridized carbons (Fsp3) is 0.350. The van der Waals surface area contributed by atoms with Gasteiger partial charge in [0, 0.05) is 26.6 Å². The Labute approximate surface area is 198 Å². The van der Waals surface area contributed by atoms with Gasteiger partial charge in [-0.15, -0.1) is 5.10 Å². The lowest BCUT2D eigenvalue weighted by molar-refractivity contribution is -0.132. The van der Waals surface area contributed by atoms with Gasteiger partial charge in [0.1, 0.15) is 5.69 Å². The van der Waals surface area contributed by atoms with Crippen LogP contribution in [0.4, 0.5) is 5.82 Å². The molecule has 0 radical (unpaired) electrons. The summed E-state index contributed by atoms with van der Waals surface area (Å²) in [5.41, 5.74) is 9.32. The van der Waals surface area contributed by atoms with E-state index in [-0.39, 0.29) is 23.1 Å². The molecule has 0 saturated carbocycles. The molecule has 15 heteroatoms. The van der Waals surface area contributed by atoms with Crippen molar-refractivity contribution >= 4 is 23.9 Å². The largest absolute Gasteiger partial charge is 0.493 e. The Balaban J connectivity index is 1.55. The molecule has 2 aromatic heterocycles. The molecule has 0 atom stereocenters. The number of nitrogens with two attached hydrogens (primary N) is 1. The number of hydrogen-bond acceptors (Lipinski definition) is 13. The lowest BCUT2D eigenvalue weighted by Gasteiger charge is -2.25. The number of hydrogen-bond donors (Lipinski definition) is 2. The quantitative estimate of drug-likeness (QED) is 0.185.